The predicted octanol–water partition coefficient (Wildman–Crippen LogP) is 3.92. The van der Waals surface area contributed by atoms with E-state index in [1.54, 1.807) is 23.7 Å². The van der Waals surface area contributed by atoms with Crippen LogP contribution in [0, 0.1) is 11.3 Å². The number of anilines is 1. The van der Waals surface area contributed by atoms with E-state index in [1.165, 1.54) is 17.7 Å². The van der Waals surface area contributed by atoms with Gasteiger partial charge in [-0.1, -0.05) is 6.07 Å². The molecule has 0 bridgehead atoms. The van der Waals surface area contributed by atoms with Crippen LogP contribution < -0.4 is 5.32 Å². The molecule has 0 saturated carbocycles. The van der Waals surface area contributed by atoms with Crippen LogP contribution in [0.2, 0.25) is 0 Å². The average molecular weight is 365 g/mol. The van der Waals surface area contributed by atoms with Gasteiger partial charge in [0.2, 0.25) is 17.5 Å². The molecule has 0 spiro atoms. The minimum atomic E-state index is 0.273. The molecule has 0 radical (unpaired) electrons. The fourth-order valence-corrected chi connectivity index (χ4v) is 4.12. The zero-order valence-corrected chi connectivity index (χ0v) is 15.1. The lowest BCUT2D eigenvalue weighted by Crippen LogP contribution is -2.30. The standard InChI is InChI=1S/C19H19N5OS/c20-11-15-19(25-18(23-15)14-5-3-7-21-12-14)22-13-16(17-6-4-10-26-17)24-8-1-2-9-24/h3-7,10,12,16,22H,1-2,8-9,13H2/t16-/m1/s1. The van der Waals surface area contributed by atoms with Crippen LogP contribution in [0.25, 0.3) is 11.5 Å². The molecule has 1 atom stereocenters. The highest BCUT2D eigenvalue weighted by molar-refractivity contribution is 7.10. The molecule has 1 fully saturated rings. The van der Waals surface area contributed by atoms with Gasteiger partial charge in [-0.25, -0.2) is 0 Å². The highest BCUT2D eigenvalue weighted by Gasteiger charge is 2.25. The van der Waals surface area contributed by atoms with E-state index in [-0.39, 0.29) is 11.7 Å². The Kier molecular flexibility index (Phi) is 4.95. The van der Waals surface area contributed by atoms with Crippen molar-refractivity contribution in [2.75, 3.05) is 25.0 Å². The fourth-order valence-electron chi connectivity index (χ4n) is 3.26. The third-order valence-corrected chi connectivity index (χ3v) is 5.52. The van der Waals surface area contributed by atoms with Crippen LogP contribution in [0.1, 0.15) is 29.5 Å². The molecule has 1 saturated heterocycles. The number of thiophene rings is 1. The van der Waals surface area contributed by atoms with Crippen LogP contribution in [-0.4, -0.2) is 34.5 Å². The lowest BCUT2D eigenvalue weighted by atomic mass is 10.2. The summed E-state index contributed by atoms with van der Waals surface area (Å²) < 4.78 is 5.82. The number of nitriles is 1. The number of likely N-dealkylation sites (tertiary alicyclic amines) is 1. The lowest BCUT2D eigenvalue weighted by Gasteiger charge is -2.26. The number of aromatic nitrogens is 2. The molecule has 6 nitrogen and oxygen atoms in total. The van der Waals surface area contributed by atoms with E-state index in [1.807, 2.05) is 12.1 Å². The number of oxazole rings is 1. The Hall–Kier alpha value is -2.69. The van der Waals surface area contributed by atoms with E-state index in [0.29, 0.717) is 18.3 Å². The van der Waals surface area contributed by atoms with Crippen molar-refractivity contribution in [3.05, 3.63) is 52.6 Å². The Labute approximate surface area is 156 Å². The molecule has 4 heterocycles. The van der Waals surface area contributed by atoms with Gasteiger partial charge in [-0.2, -0.15) is 10.2 Å². The molecule has 0 unspecified atom stereocenters. The first-order chi connectivity index (χ1) is 12.8. The normalized spacial score (nSPS) is 15.7. The number of rotatable bonds is 6. The maximum atomic E-state index is 9.40. The summed E-state index contributed by atoms with van der Waals surface area (Å²) >= 11 is 1.76. The highest BCUT2D eigenvalue weighted by Crippen LogP contribution is 2.30. The second-order valence-corrected chi connectivity index (χ2v) is 7.18. The Morgan fingerprint density at radius 1 is 1.31 bits per heavy atom. The van der Waals surface area contributed by atoms with E-state index in [9.17, 15) is 5.26 Å². The Morgan fingerprint density at radius 3 is 2.88 bits per heavy atom. The molecule has 7 heteroatoms. The number of hydrogen-bond donors (Lipinski definition) is 1. The molecule has 3 aromatic heterocycles. The van der Waals surface area contributed by atoms with Crippen LogP contribution >= 0.6 is 11.3 Å². The summed E-state index contributed by atoms with van der Waals surface area (Å²) in [5, 5.41) is 14.8. The maximum absolute atomic E-state index is 9.40. The average Bonchev–Trinajstić information content (AvgIpc) is 3.45. The van der Waals surface area contributed by atoms with Gasteiger partial charge in [0.25, 0.3) is 0 Å². The summed E-state index contributed by atoms with van der Waals surface area (Å²) in [6, 6.07) is 10.3. The van der Waals surface area contributed by atoms with Crippen molar-refractivity contribution in [1.82, 2.24) is 14.9 Å². The van der Waals surface area contributed by atoms with Crippen molar-refractivity contribution < 1.29 is 4.42 Å². The van der Waals surface area contributed by atoms with Gasteiger partial charge in [0.15, 0.2) is 0 Å². The molecule has 0 aliphatic carbocycles. The van der Waals surface area contributed by atoms with E-state index >= 15 is 0 Å². The van der Waals surface area contributed by atoms with E-state index in [0.717, 1.165) is 18.7 Å². The zero-order chi connectivity index (χ0) is 17.8. The molecule has 1 aliphatic heterocycles. The van der Waals surface area contributed by atoms with Gasteiger partial charge in [-0.15, -0.1) is 11.3 Å². The first kappa shape index (κ1) is 16.8. The molecule has 0 aromatic carbocycles. The topological polar surface area (TPSA) is 78.0 Å². The van der Waals surface area contributed by atoms with Crippen LogP contribution in [0.5, 0.6) is 0 Å². The molecule has 3 aromatic rings. The third kappa shape index (κ3) is 3.47. The van der Waals surface area contributed by atoms with Crippen LogP contribution in [-0.2, 0) is 0 Å². The smallest absolute Gasteiger partial charge is 0.232 e. The fraction of sp³-hybridized carbons (Fsp3) is 0.316. The first-order valence-electron chi connectivity index (χ1n) is 8.68. The molecule has 4 rings (SSSR count). The van der Waals surface area contributed by atoms with Gasteiger partial charge >= 0.3 is 0 Å². The van der Waals surface area contributed by atoms with Gasteiger partial charge in [-0.05, 0) is 49.5 Å². The lowest BCUT2D eigenvalue weighted by molar-refractivity contribution is 0.258. The number of hydrogen-bond acceptors (Lipinski definition) is 7. The van der Waals surface area contributed by atoms with E-state index in [2.05, 4.69) is 43.8 Å². The molecular formula is C19H19N5OS. The SMILES string of the molecule is N#Cc1nc(-c2cccnc2)oc1NC[C@H](c1cccs1)N1CCCC1. The second kappa shape index (κ2) is 7.68. The van der Waals surface area contributed by atoms with E-state index < -0.39 is 0 Å². The van der Waals surface area contributed by atoms with E-state index in [4.69, 9.17) is 4.42 Å². The van der Waals surface area contributed by atoms with Crippen molar-refractivity contribution in [2.45, 2.75) is 18.9 Å². The van der Waals surface area contributed by atoms with Crippen molar-refractivity contribution in [2.24, 2.45) is 0 Å². The first-order valence-corrected chi connectivity index (χ1v) is 9.56. The quantitative estimate of drug-likeness (QED) is 0.713. The summed E-state index contributed by atoms with van der Waals surface area (Å²) in [6.07, 6.45) is 5.84. The minimum Gasteiger partial charge on any atom is -0.419 e. The molecule has 26 heavy (non-hydrogen) atoms. The Balaban J connectivity index is 1.54. The summed E-state index contributed by atoms with van der Waals surface area (Å²) in [7, 11) is 0. The predicted molar refractivity (Wildman–Crippen MR) is 101 cm³/mol. The third-order valence-electron chi connectivity index (χ3n) is 4.55. The molecule has 132 valence electrons. The molecule has 0 amide bonds. The second-order valence-electron chi connectivity index (χ2n) is 6.21. The van der Waals surface area contributed by atoms with Gasteiger partial charge < -0.3 is 9.73 Å². The van der Waals surface area contributed by atoms with Gasteiger partial charge in [0.05, 0.1) is 11.6 Å². The van der Waals surface area contributed by atoms with Gasteiger partial charge in [0, 0.05) is 23.8 Å². The molecule has 1 aliphatic rings. The van der Waals surface area contributed by atoms with Crippen LogP contribution in [0.3, 0.4) is 0 Å². The number of nitrogens with zero attached hydrogens (tertiary/aromatic N) is 4. The van der Waals surface area contributed by atoms with Crippen molar-refractivity contribution in [3.8, 4) is 17.5 Å². The largest absolute Gasteiger partial charge is 0.419 e. The summed E-state index contributed by atoms with van der Waals surface area (Å²) in [5.41, 5.74) is 1.03. The molecular weight excluding hydrogens is 346 g/mol. The van der Waals surface area contributed by atoms with Crippen molar-refractivity contribution in [1.29, 1.82) is 5.26 Å². The maximum Gasteiger partial charge on any atom is 0.232 e. The van der Waals surface area contributed by atoms with Crippen molar-refractivity contribution in [3.63, 3.8) is 0 Å². The number of pyridine rings is 1. The van der Waals surface area contributed by atoms with Crippen molar-refractivity contribution >= 4 is 17.2 Å². The van der Waals surface area contributed by atoms with Crippen LogP contribution in [0.4, 0.5) is 5.88 Å². The summed E-state index contributed by atoms with van der Waals surface area (Å²) in [5.74, 6) is 0.832. The minimum absolute atomic E-state index is 0.273. The van der Waals surface area contributed by atoms with Gasteiger partial charge in [-0.3, -0.25) is 9.88 Å². The Morgan fingerprint density at radius 2 is 2.19 bits per heavy atom. The van der Waals surface area contributed by atoms with Crippen LogP contribution in [0.15, 0.2) is 46.5 Å². The van der Waals surface area contributed by atoms with Gasteiger partial charge in [0.1, 0.15) is 6.07 Å². The Bertz CT molecular complexity index is 879. The number of nitrogens with one attached hydrogen (secondary N) is 1. The highest BCUT2D eigenvalue weighted by atomic mass is 32.1. The summed E-state index contributed by atoms with van der Waals surface area (Å²) in [6.45, 7) is 2.89. The monoisotopic (exact) mass is 365 g/mol. The zero-order valence-electron chi connectivity index (χ0n) is 14.3. The summed E-state index contributed by atoms with van der Waals surface area (Å²) in [4.78, 5) is 12.2. The molecule has 1 N–H and O–H groups in total.